The minimum atomic E-state index is -0.114. The fraction of sp³-hybridized carbons (Fsp3) is 0.222. The molecule has 0 unspecified atom stereocenters. The number of hydrogen-bond acceptors (Lipinski definition) is 4. The molecule has 72 valence electrons. The molecule has 0 radical (unpaired) electrons. The van der Waals surface area contributed by atoms with Gasteiger partial charge in [0.05, 0.1) is 0 Å². The van der Waals surface area contributed by atoms with Crippen LogP contribution in [0.2, 0.25) is 0 Å². The lowest BCUT2D eigenvalue weighted by Gasteiger charge is -2.00. The summed E-state index contributed by atoms with van der Waals surface area (Å²) in [4.78, 5) is 11.4. The van der Waals surface area contributed by atoms with Gasteiger partial charge in [0.1, 0.15) is 11.0 Å². The smallest absolute Gasteiger partial charge is 0.251 e. The van der Waals surface area contributed by atoms with E-state index in [0.717, 1.165) is 0 Å². The number of fused-ring (bicyclic) bond motifs is 1. The number of nitrogens with one attached hydrogen (secondary N) is 1. The summed E-state index contributed by atoms with van der Waals surface area (Å²) in [6.07, 6.45) is 0. The molecule has 0 saturated carbocycles. The normalized spacial score (nSPS) is 10.4. The molecule has 0 aliphatic heterocycles. The zero-order valence-corrected chi connectivity index (χ0v) is 7.65. The van der Waals surface area contributed by atoms with Crippen molar-refractivity contribution in [3.63, 3.8) is 0 Å². The van der Waals surface area contributed by atoms with Crippen LogP contribution >= 0.6 is 0 Å². The van der Waals surface area contributed by atoms with Crippen LogP contribution in [0.15, 0.2) is 22.8 Å². The third kappa shape index (κ3) is 1.44. The maximum atomic E-state index is 11.4. The van der Waals surface area contributed by atoms with Gasteiger partial charge in [-0.25, -0.2) is 4.63 Å². The molecule has 5 nitrogen and oxygen atoms in total. The van der Waals surface area contributed by atoms with E-state index in [1.807, 2.05) is 6.92 Å². The van der Waals surface area contributed by atoms with Crippen molar-refractivity contribution in [3.8, 4) is 0 Å². The van der Waals surface area contributed by atoms with Gasteiger partial charge in [0, 0.05) is 12.1 Å². The van der Waals surface area contributed by atoms with E-state index >= 15 is 0 Å². The molecular formula is C9H9N3O2. The molecule has 1 amide bonds. The Bertz CT molecular complexity index is 464. The van der Waals surface area contributed by atoms with Crippen LogP contribution in [-0.4, -0.2) is 22.8 Å². The van der Waals surface area contributed by atoms with E-state index in [-0.39, 0.29) is 5.91 Å². The Labute approximate surface area is 80.1 Å². The second kappa shape index (κ2) is 3.45. The van der Waals surface area contributed by atoms with E-state index in [2.05, 4.69) is 20.3 Å². The highest BCUT2D eigenvalue weighted by Gasteiger charge is 2.07. The molecular weight excluding hydrogens is 182 g/mol. The Kier molecular flexibility index (Phi) is 2.14. The van der Waals surface area contributed by atoms with Gasteiger partial charge in [-0.1, -0.05) is 0 Å². The number of amides is 1. The molecule has 14 heavy (non-hydrogen) atoms. The van der Waals surface area contributed by atoms with Crippen LogP contribution in [0.4, 0.5) is 0 Å². The average Bonchev–Trinajstić information content (AvgIpc) is 2.64. The topological polar surface area (TPSA) is 68.0 Å². The lowest BCUT2D eigenvalue weighted by Crippen LogP contribution is -2.22. The fourth-order valence-corrected chi connectivity index (χ4v) is 1.19. The molecule has 1 aromatic carbocycles. The van der Waals surface area contributed by atoms with Crippen LogP contribution in [-0.2, 0) is 0 Å². The first-order chi connectivity index (χ1) is 6.81. The first kappa shape index (κ1) is 8.68. The summed E-state index contributed by atoms with van der Waals surface area (Å²) in [6, 6.07) is 5.05. The highest BCUT2D eigenvalue weighted by molar-refractivity contribution is 5.97. The van der Waals surface area contributed by atoms with E-state index < -0.39 is 0 Å². The minimum absolute atomic E-state index is 0.114. The number of carbonyl (C=O) groups is 1. The molecule has 1 aromatic heterocycles. The zero-order chi connectivity index (χ0) is 9.97. The van der Waals surface area contributed by atoms with Gasteiger partial charge in [0.15, 0.2) is 0 Å². The van der Waals surface area contributed by atoms with Crippen molar-refractivity contribution in [2.45, 2.75) is 6.92 Å². The molecule has 0 aliphatic rings. The van der Waals surface area contributed by atoms with Gasteiger partial charge in [-0.2, -0.15) is 0 Å². The number of aromatic nitrogens is 2. The van der Waals surface area contributed by atoms with Crippen LogP contribution in [0.1, 0.15) is 17.3 Å². The van der Waals surface area contributed by atoms with E-state index in [4.69, 9.17) is 0 Å². The Morgan fingerprint density at radius 1 is 1.43 bits per heavy atom. The molecule has 0 fully saturated rings. The molecule has 0 atom stereocenters. The van der Waals surface area contributed by atoms with Gasteiger partial charge >= 0.3 is 0 Å². The van der Waals surface area contributed by atoms with Crippen molar-refractivity contribution in [3.05, 3.63) is 23.8 Å². The fourth-order valence-electron chi connectivity index (χ4n) is 1.19. The molecule has 0 spiro atoms. The van der Waals surface area contributed by atoms with Crippen LogP contribution in [0.3, 0.4) is 0 Å². The highest BCUT2D eigenvalue weighted by Crippen LogP contribution is 2.11. The quantitative estimate of drug-likeness (QED) is 0.768. The highest BCUT2D eigenvalue weighted by atomic mass is 16.6. The van der Waals surface area contributed by atoms with Gasteiger partial charge in [-0.05, 0) is 35.4 Å². The third-order valence-electron chi connectivity index (χ3n) is 1.85. The predicted octanol–water partition coefficient (Wildman–Crippen LogP) is 0.972. The molecule has 1 heterocycles. The molecule has 5 heteroatoms. The summed E-state index contributed by atoms with van der Waals surface area (Å²) in [5, 5.41) is 10.0. The number of hydrogen-bond donors (Lipinski definition) is 1. The largest absolute Gasteiger partial charge is 0.352 e. The molecule has 2 aromatic rings. The second-order valence-corrected chi connectivity index (χ2v) is 2.83. The van der Waals surface area contributed by atoms with Crippen molar-refractivity contribution in [1.82, 2.24) is 15.6 Å². The number of carbonyl (C=O) groups excluding carboxylic acids is 1. The van der Waals surface area contributed by atoms with Crippen molar-refractivity contribution >= 4 is 16.9 Å². The van der Waals surface area contributed by atoms with Crippen LogP contribution in [0.5, 0.6) is 0 Å². The maximum absolute atomic E-state index is 11.4. The van der Waals surface area contributed by atoms with Crippen molar-refractivity contribution < 1.29 is 9.42 Å². The molecule has 2 rings (SSSR count). The van der Waals surface area contributed by atoms with Crippen LogP contribution < -0.4 is 5.32 Å². The third-order valence-corrected chi connectivity index (χ3v) is 1.85. The lowest BCUT2D eigenvalue weighted by molar-refractivity contribution is 0.0956. The SMILES string of the molecule is CCNC(=O)c1ccc2nonc2c1. The van der Waals surface area contributed by atoms with Crippen molar-refractivity contribution in [1.29, 1.82) is 0 Å². The lowest BCUT2D eigenvalue weighted by atomic mass is 10.2. The van der Waals surface area contributed by atoms with Crippen LogP contribution in [0, 0.1) is 0 Å². The maximum Gasteiger partial charge on any atom is 0.251 e. The Morgan fingerprint density at radius 3 is 3.00 bits per heavy atom. The van der Waals surface area contributed by atoms with Gasteiger partial charge < -0.3 is 5.32 Å². The number of rotatable bonds is 2. The summed E-state index contributed by atoms with van der Waals surface area (Å²) < 4.78 is 4.53. The molecule has 0 aliphatic carbocycles. The Balaban J connectivity index is 2.38. The molecule has 1 N–H and O–H groups in total. The van der Waals surface area contributed by atoms with Gasteiger partial charge in [-0.3, -0.25) is 4.79 Å². The predicted molar refractivity (Wildman–Crippen MR) is 49.8 cm³/mol. The molecule has 0 bridgehead atoms. The van der Waals surface area contributed by atoms with Gasteiger partial charge in [0.2, 0.25) is 0 Å². The van der Waals surface area contributed by atoms with E-state index in [1.165, 1.54) is 0 Å². The van der Waals surface area contributed by atoms with E-state index in [0.29, 0.717) is 23.1 Å². The first-order valence-electron chi connectivity index (χ1n) is 4.32. The number of benzene rings is 1. The van der Waals surface area contributed by atoms with Gasteiger partial charge in [0.25, 0.3) is 5.91 Å². The summed E-state index contributed by atoms with van der Waals surface area (Å²) in [7, 11) is 0. The standard InChI is InChI=1S/C9H9N3O2/c1-2-10-9(13)6-3-4-7-8(5-6)12-14-11-7/h3-5H,2H2,1H3,(H,10,13). The van der Waals surface area contributed by atoms with Crippen molar-refractivity contribution in [2.24, 2.45) is 0 Å². The second-order valence-electron chi connectivity index (χ2n) is 2.83. The molecule has 0 saturated heterocycles. The van der Waals surface area contributed by atoms with Gasteiger partial charge in [-0.15, -0.1) is 0 Å². The average molecular weight is 191 g/mol. The Morgan fingerprint density at radius 2 is 2.21 bits per heavy atom. The number of nitrogens with zero attached hydrogens (tertiary/aromatic N) is 2. The first-order valence-corrected chi connectivity index (χ1v) is 4.32. The summed E-state index contributed by atoms with van der Waals surface area (Å²) >= 11 is 0. The van der Waals surface area contributed by atoms with Crippen molar-refractivity contribution in [2.75, 3.05) is 6.54 Å². The summed E-state index contributed by atoms with van der Waals surface area (Å²) in [5.74, 6) is -0.114. The van der Waals surface area contributed by atoms with E-state index in [9.17, 15) is 4.79 Å². The minimum Gasteiger partial charge on any atom is -0.352 e. The zero-order valence-electron chi connectivity index (χ0n) is 7.65. The summed E-state index contributed by atoms with van der Waals surface area (Å²) in [5.41, 5.74) is 1.81. The summed E-state index contributed by atoms with van der Waals surface area (Å²) in [6.45, 7) is 2.47. The Hall–Kier alpha value is -1.91. The van der Waals surface area contributed by atoms with E-state index in [1.54, 1.807) is 18.2 Å². The van der Waals surface area contributed by atoms with Crippen LogP contribution in [0.25, 0.3) is 11.0 Å². The monoisotopic (exact) mass is 191 g/mol.